The first-order chi connectivity index (χ1) is 14.3. The number of aliphatic carboxylic acids is 1. The molecule has 3 saturated carbocycles. The topological polar surface area (TPSA) is 66.8 Å². The molecule has 2 N–H and O–H groups in total. The molecule has 0 spiro atoms. The van der Waals surface area contributed by atoms with Crippen molar-refractivity contribution in [2.24, 2.45) is 29.1 Å². The fraction of sp³-hybridized carbons (Fsp3) is 0.560. The minimum absolute atomic E-state index is 0.139. The summed E-state index contributed by atoms with van der Waals surface area (Å²) in [4.78, 5) is 10.6. The zero-order valence-corrected chi connectivity index (χ0v) is 17.8. The van der Waals surface area contributed by atoms with E-state index in [2.05, 4.69) is 32.1 Å². The summed E-state index contributed by atoms with van der Waals surface area (Å²) in [5.74, 6) is 1.81. The summed E-state index contributed by atoms with van der Waals surface area (Å²) in [6.45, 7) is 4.83. The number of allylic oxidation sites excluding steroid dienone is 3. The molecule has 0 aromatic heterocycles. The van der Waals surface area contributed by atoms with Gasteiger partial charge in [-0.25, -0.2) is 4.39 Å². The Bertz CT molecular complexity index is 768. The van der Waals surface area contributed by atoms with E-state index in [1.165, 1.54) is 18.6 Å². The van der Waals surface area contributed by atoms with Crippen molar-refractivity contribution in [1.82, 2.24) is 0 Å². The molecule has 3 aliphatic carbocycles. The largest absolute Gasteiger partial charge is 0.491 e. The standard InChI is InChI=1S/C25H33FO4/c1-25(2)22-15-23(25)21(20(22)7-5-3-4-6-8-24(28)29)14-11-18(27)16-30-19-12-9-17(26)10-13-19/h3,5,9-14,18,20-23,27H,4,6-8,15-16H2,1-2H3,(H,28,29)/b5-3-,14-11+/t18-,20-,21-,22?,23?/m1/s1. The minimum Gasteiger partial charge on any atom is -0.491 e. The van der Waals surface area contributed by atoms with Crippen LogP contribution in [0, 0.1) is 34.9 Å². The van der Waals surface area contributed by atoms with Gasteiger partial charge in [-0.2, -0.15) is 0 Å². The Labute approximate surface area is 178 Å². The van der Waals surface area contributed by atoms with Crippen molar-refractivity contribution in [3.8, 4) is 5.75 Å². The maximum Gasteiger partial charge on any atom is 0.303 e. The Morgan fingerprint density at radius 1 is 1.27 bits per heavy atom. The molecule has 0 saturated heterocycles. The molecule has 0 amide bonds. The molecule has 0 radical (unpaired) electrons. The van der Waals surface area contributed by atoms with E-state index in [4.69, 9.17) is 9.84 Å². The van der Waals surface area contributed by atoms with Crippen LogP contribution in [0.3, 0.4) is 0 Å². The van der Waals surface area contributed by atoms with Crippen molar-refractivity contribution in [2.75, 3.05) is 6.61 Å². The number of halogens is 1. The predicted octanol–water partition coefficient (Wildman–Crippen LogP) is 5.23. The number of benzene rings is 1. The lowest BCUT2D eigenvalue weighted by Crippen LogP contribution is -2.38. The van der Waals surface area contributed by atoms with E-state index >= 15 is 0 Å². The number of ether oxygens (including phenoxy) is 1. The highest BCUT2D eigenvalue weighted by molar-refractivity contribution is 5.66. The number of rotatable bonds is 11. The van der Waals surface area contributed by atoms with Crippen molar-refractivity contribution >= 4 is 5.97 Å². The smallest absolute Gasteiger partial charge is 0.303 e. The first kappa shape index (κ1) is 22.5. The van der Waals surface area contributed by atoms with Crippen LogP contribution < -0.4 is 4.74 Å². The third kappa shape index (κ3) is 5.31. The molecule has 1 aromatic carbocycles. The second kappa shape index (κ2) is 9.78. The van der Waals surface area contributed by atoms with Gasteiger partial charge in [-0.1, -0.05) is 38.2 Å². The van der Waals surface area contributed by atoms with Gasteiger partial charge in [-0.05, 0) is 79.0 Å². The van der Waals surface area contributed by atoms with Gasteiger partial charge in [0.1, 0.15) is 24.3 Å². The Morgan fingerprint density at radius 3 is 2.67 bits per heavy atom. The summed E-state index contributed by atoms with van der Waals surface area (Å²) in [6.07, 6.45) is 11.5. The lowest BCUT2D eigenvalue weighted by Gasteiger charge is -2.45. The number of carbonyl (C=O) groups is 1. The van der Waals surface area contributed by atoms with E-state index in [1.54, 1.807) is 12.1 Å². The first-order valence-electron chi connectivity index (χ1n) is 10.9. The van der Waals surface area contributed by atoms with E-state index in [-0.39, 0.29) is 18.8 Å². The van der Waals surface area contributed by atoms with E-state index in [9.17, 15) is 14.3 Å². The summed E-state index contributed by atoms with van der Waals surface area (Å²) < 4.78 is 18.5. The second-order valence-electron chi connectivity index (χ2n) is 9.22. The van der Waals surface area contributed by atoms with Crippen LogP contribution in [-0.2, 0) is 4.79 Å². The molecule has 164 valence electrons. The van der Waals surface area contributed by atoms with Gasteiger partial charge in [-0.3, -0.25) is 4.79 Å². The predicted molar refractivity (Wildman–Crippen MR) is 115 cm³/mol. The molecule has 4 nitrogen and oxygen atoms in total. The van der Waals surface area contributed by atoms with Crippen LogP contribution in [-0.4, -0.2) is 28.9 Å². The molecular formula is C25H33FO4. The lowest BCUT2D eigenvalue weighted by molar-refractivity contribution is -0.137. The third-order valence-corrected chi connectivity index (χ3v) is 7.02. The highest BCUT2D eigenvalue weighted by Crippen LogP contribution is 2.68. The zero-order valence-electron chi connectivity index (χ0n) is 17.8. The van der Waals surface area contributed by atoms with Gasteiger partial charge in [0.2, 0.25) is 0 Å². The van der Waals surface area contributed by atoms with Crippen molar-refractivity contribution in [1.29, 1.82) is 0 Å². The highest BCUT2D eigenvalue weighted by atomic mass is 19.1. The maximum absolute atomic E-state index is 13.0. The van der Waals surface area contributed by atoms with Gasteiger partial charge < -0.3 is 14.9 Å². The van der Waals surface area contributed by atoms with Gasteiger partial charge >= 0.3 is 5.97 Å². The fourth-order valence-corrected chi connectivity index (χ4v) is 5.31. The minimum atomic E-state index is -0.742. The number of unbranched alkanes of at least 4 members (excludes halogenated alkanes) is 1. The zero-order chi connectivity index (χ0) is 21.7. The maximum atomic E-state index is 13.0. The van der Waals surface area contributed by atoms with Crippen LogP contribution in [0.25, 0.3) is 0 Å². The molecule has 4 rings (SSSR count). The monoisotopic (exact) mass is 416 g/mol. The number of aliphatic hydroxyl groups is 1. The van der Waals surface area contributed by atoms with E-state index in [0.717, 1.165) is 12.8 Å². The summed E-state index contributed by atoms with van der Waals surface area (Å²) in [5, 5.41) is 19.0. The number of fused-ring (bicyclic) bond motifs is 1. The van der Waals surface area contributed by atoms with Crippen molar-refractivity contribution < 1.29 is 24.1 Å². The van der Waals surface area contributed by atoms with E-state index in [0.29, 0.717) is 41.3 Å². The van der Waals surface area contributed by atoms with Crippen molar-refractivity contribution in [3.05, 3.63) is 54.4 Å². The molecule has 30 heavy (non-hydrogen) atoms. The van der Waals surface area contributed by atoms with Gasteiger partial charge in [0.25, 0.3) is 0 Å². The second-order valence-corrected chi connectivity index (χ2v) is 9.22. The van der Waals surface area contributed by atoms with E-state index < -0.39 is 12.1 Å². The number of carboxylic acids is 1. The van der Waals surface area contributed by atoms with Crippen LogP contribution in [0.1, 0.15) is 46.0 Å². The summed E-state index contributed by atoms with van der Waals surface area (Å²) in [5.41, 5.74) is 0.326. The van der Waals surface area contributed by atoms with Crippen molar-refractivity contribution in [3.63, 3.8) is 0 Å². The fourth-order valence-electron chi connectivity index (χ4n) is 5.31. The molecule has 1 aromatic rings. The average molecular weight is 417 g/mol. The molecule has 3 fully saturated rings. The number of aliphatic hydroxyl groups excluding tert-OH is 1. The summed E-state index contributed by atoms with van der Waals surface area (Å²) in [6, 6.07) is 5.79. The van der Waals surface area contributed by atoms with Crippen LogP contribution in [0.2, 0.25) is 0 Å². The van der Waals surface area contributed by atoms with Gasteiger partial charge in [-0.15, -0.1) is 0 Å². The van der Waals surface area contributed by atoms with Crippen LogP contribution >= 0.6 is 0 Å². The Balaban J connectivity index is 1.51. The molecule has 3 aliphatic rings. The van der Waals surface area contributed by atoms with Gasteiger partial charge in [0.05, 0.1) is 0 Å². The number of carboxylic acid groups (broad SMARTS) is 1. The molecule has 5 heteroatoms. The molecule has 5 atom stereocenters. The van der Waals surface area contributed by atoms with Gasteiger partial charge in [0, 0.05) is 6.42 Å². The lowest BCUT2D eigenvalue weighted by atomic mass is 9.59. The SMILES string of the molecule is CC1(C)C2CC1[C@H](C/C=C\CCCC(=O)O)[C@H]2/C=C/[C@@H](O)COc1ccc(F)cc1. The van der Waals surface area contributed by atoms with Gasteiger partial charge in [0.15, 0.2) is 0 Å². The summed E-state index contributed by atoms with van der Waals surface area (Å²) >= 11 is 0. The Morgan fingerprint density at radius 2 is 2.00 bits per heavy atom. The summed E-state index contributed by atoms with van der Waals surface area (Å²) in [7, 11) is 0. The molecule has 2 bridgehead atoms. The molecule has 2 unspecified atom stereocenters. The number of hydrogen-bond donors (Lipinski definition) is 2. The first-order valence-corrected chi connectivity index (χ1v) is 10.9. The normalized spacial score (nSPS) is 28.0. The van der Waals surface area contributed by atoms with Crippen LogP contribution in [0.15, 0.2) is 48.6 Å². The Kier molecular flexibility index (Phi) is 7.35. The highest BCUT2D eigenvalue weighted by Gasteiger charge is 2.62. The van der Waals surface area contributed by atoms with E-state index in [1.807, 2.05) is 6.08 Å². The Hall–Kier alpha value is -2.14. The quantitative estimate of drug-likeness (QED) is 0.383. The molecule has 0 aliphatic heterocycles. The van der Waals surface area contributed by atoms with Crippen molar-refractivity contribution in [2.45, 2.75) is 52.1 Å². The average Bonchev–Trinajstić information content (AvgIpc) is 3.18. The third-order valence-electron chi connectivity index (χ3n) is 7.02. The molecular weight excluding hydrogens is 383 g/mol. The number of hydrogen-bond acceptors (Lipinski definition) is 3. The van der Waals surface area contributed by atoms with Crippen LogP contribution in [0.5, 0.6) is 5.75 Å². The van der Waals surface area contributed by atoms with Crippen LogP contribution in [0.4, 0.5) is 4.39 Å². The molecule has 0 heterocycles.